The first-order valence-corrected chi connectivity index (χ1v) is 7.31. The first-order valence-electron chi connectivity index (χ1n) is 7.31. The molecular weight excluding hydrogens is 264 g/mol. The molecule has 0 saturated carbocycles. The number of aromatic nitrogens is 1. The first kappa shape index (κ1) is 13.9. The number of methoxy groups -OCH3 is 1. The van der Waals surface area contributed by atoms with E-state index in [1.54, 1.807) is 13.3 Å². The molecule has 0 saturated heterocycles. The molecule has 0 fully saturated rings. The lowest BCUT2D eigenvalue weighted by Gasteiger charge is -2.21. The fourth-order valence-electron chi connectivity index (χ4n) is 2.79. The Morgan fingerprint density at radius 3 is 3.10 bits per heavy atom. The number of benzene rings is 1. The number of nitrogens with zero attached hydrogens (tertiary/aromatic N) is 1. The SMILES string of the molecule is CCNC(c1ccc2c(c1)CCO2)c1cccnc1OC. The van der Waals surface area contributed by atoms with E-state index >= 15 is 0 Å². The number of hydrogen-bond acceptors (Lipinski definition) is 4. The van der Waals surface area contributed by atoms with Crippen LogP contribution in [0.25, 0.3) is 0 Å². The molecule has 1 aromatic carbocycles. The average Bonchev–Trinajstić information content (AvgIpc) is 3.00. The van der Waals surface area contributed by atoms with Crippen LogP contribution >= 0.6 is 0 Å². The summed E-state index contributed by atoms with van der Waals surface area (Å²) in [6.07, 6.45) is 2.73. The van der Waals surface area contributed by atoms with Crippen molar-refractivity contribution in [2.24, 2.45) is 0 Å². The lowest BCUT2D eigenvalue weighted by molar-refractivity contribution is 0.356. The maximum absolute atomic E-state index is 5.59. The van der Waals surface area contributed by atoms with E-state index in [-0.39, 0.29) is 6.04 Å². The number of nitrogens with one attached hydrogen (secondary N) is 1. The van der Waals surface area contributed by atoms with Crippen LogP contribution in [0.2, 0.25) is 0 Å². The Bertz CT molecular complexity index is 628. The minimum absolute atomic E-state index is 0.0737. The standard InChI is InChI=1S/C17H20N2O2/c1-3-18-16(14-5-4-9-19-17(14)20-2)13-6-7-15-12(11-13)8-10-21-15/h4-7,9,11,16,18H,3,8,10H2,1-2H3. The van der Waals surface area contributed by atoms with E-state index in [0.29, 0.717) is 5.88 Å². The summed E-state index contributed by atoms with van der Waals surface area (Å²) in [6, 6.07) is 10.5. The minimum atomic E-state index is 0.0737. The zero-order valence-electron chi connectivity index (χ0n) is 12.4. The van der Waals surface area contributed by atoms with Crippen molar-refractivity contribution >= 4 is 0 Å². The molecule has 0 radical (unpaired) electrons. The summed E-state index contributed by atoms with van der Waals surface area (Å²) in [5.74, 6) is 1.67. The van der Waals surface area contributed by atoms with Crippen molar-refractivity contribution in [3.63, 3.8) is 0 Å². The zero-order valence-corrected chi connectivity index (χ0v) is 12.4. The van der Waals surface area contributed by atoms with E-state index in [1.165, 1.54) is 11.1 Å². The van der Waals surface area contributed by atoms with Gasteiger partial charge in [-0.1, -0.05) is 25.1 Å². The summed E-state index contributed by atoms with van der Waals surface area (Å²) in [6.45, 7) is 3.75. The van der Waals surface area contributed by atoms with E-state index in [2.05, 4.69) is 41.5 Å². The van der Waals surface area contributed by atoms with Crippen LogP contribution in [-0.4, -0.2) is 25.2 Å². The van der Waals surface area contributed by atoms with Gasteiger partial charge in [-0.15, -0.1) is 0 Å². The maximum Gasteiger partial charge on any atom is 0.218 e. The van der Waals surface area contributed by atoms with Gasteiger partial charge in [0.1, 0.15) is 5.75 Å². The van der Waals surface area contributed by atoms with Gasteiger partial charge in [0.2, 0.25) is 5.88 Å². The van der Waals surface area contributed by atoms with E-state index in [0.717, 1.165) is 30.9 Å². The second kappa shape index (κ2) is 6.14. The van der Waals surface area contributed by atoms with Gasteiger partial charge in [0.25, 0.3) is 0 Å². The average molecular weight is 284 g/mol. The number of ether oxygens (including phenoxy) is 2. The summed E-state index contributed by atoms with van der Waals surface area (Å²) in [5, 5.41) is 3.52. The van der Waals surface area contributed by atoms with Crippen LogP contribution in [0.15, 0.2) is 36.5 Å². The van der Waals surface area contributed by atoms with Crippen molar-refractivity contribution in [1.29, 1.82) is 0 Å². The highest BCUT2D eigenvalue weighted by Gasteiger charge is 2.20. The number of pyridine rings is 1. The van der Waals surface area contributed by atoms with E-state index in [9.17, 15) is 0 Å². The fraction of sp³-hybridized carbons (Fsp3) is 0.353. The highest BCUT2D eigenvalue weighted by atomic mass is 16.5. The molecule has 0 spiro atoms. The zero-order chi connectivity index (χ0) is 14.7. The molecule has 1 aliphatic heterocycles. The molecule has 2 heterocycles. The maximum atomic E-state index is 5.59. The van der Waals surface area contributed by atoms with Gasteiger partial charge in [-0.3, -0.25) is 0 Å². The summed E-state index contributed by atoms with van der Waals surface area (Å²) in [7, 11) is 1.66. The van der Waals surface area contributed by atoms with Gasteiger partial charge in [-0.25, -0.2) is 4.98 Å². The van der Waals surface area contributed by atoms with Gasteiger partial charge in [0, 0.05) is 18.2 Å². The molecule has 21 heavy (non-hydrogen) atoms. The van der Waals surface area contributed by atoms with Gasteiger partial charge in [0.05, 0.1) is 19.8 Å². The third-order valence-corrected chi connectivity index (χ3v) is 3.76. The lowest BCUT2D eigenvalue weighted by atomic mass is 9.97. The largest absolute Gasteiger partial charge is 0.493 e. The van der Waals surface area contributed by atoms with Crippen LogP contribution in [0.3, 0.4) is 0 Å². The quantitative estimate of drug-likeness (QED) is 0.917. The molecule has 1 aliphatic rings. The molecule has 2 aromatic rings. The van der Waals surface area contributed by atoms with Crippen LogP contribution in [0, 0.1) is 0 Å². The summed E-state index contributed by atoms with van der Waals surface area (Å²) < 4.78 is 11.0. The van der Waals surface area contributed by atoms with Gasteiger partial charge in [0.15, 0.2) is 0 Å². The summed E-state index contributed by atoms with van der Waals surface area (Å²) >= 11 is 0. The van der Waals surface area contributed by atoms with E-state index in [1.807, 2.05) is 6.07 Å². The summed E-state index contributed by atoms with van der Waals surface area (Å²) in [4.78, 5) is 4.31. The van der Waals surface area contributed by atoms with Crippen molar-refractivity contribution < 1.29 is 9.47 Å². The van der Waals surface area contributed by atoms with Crippen LogP contribution in [-0.2, 0) is 6.42 Å². The second-order valence-electron chi connectivity index (χ2n) is 5.06. The lowest BCUT2D eigenvalue weighted by Crippen LogP contribution is -2.22. The second-order valence-corrected chi connectivity index (χ2v) is 5.06. The predicted molar refractivity (Wildman–Crippen MR) is 81.9 cm³/mol. The Morgan fingerprint density at radius 2 is 2.29 bits per heavy atom. The molecule has 4 nitrogen and oxygen atoms in total. The number of fused-ring (bicyclic) bond motifs is 1. The fourth-order valence-corrected chi connectivity index (χ4v) is 2.79. The van der Waals surface area contributed by atoms with E-state index in [4.69, 9.17) is 9.47 Å². The minimum Gasteiger partial charge on any atom is -0.493 e. The van der Waals surface area contributed by atoms with Crippen LogP contribution < -0.4 is 14.8 Å². The molecule has 1 aromatic heterocycles. The Labute approximate surface area is 125 Å². The van der Waals surface area contributed by atoms with Crippen molar-refractivity contribution in [3.05, 3.63) is 53.2 Å². The number of hydrogen-bond donors (Lipinski definition) is 1. The smallest absolute Gasteiger partial charge is 0.218 e. The molecule has 0 amide bonds. The molecule has 1 atom stereocenters. The van der Waals surface area contributed by atoms with Gasteiger partial charge < -0.3 is 14.8 Å². The Kier molecular flexibility index (Phi) is 4.06. The Hall–Kier alpha value is -2.07. The molecule has 1 N–H and O–H groups in total. The Morgan fingerprint density at radius 1 is 1.38 bits per heavy atom. The van der Waals surface area contributed by atoms with Crippen LogP contribution in [0.1, 0.15) is 29.7 Å². The van der Waals surface area contributed by atoms with Crippen LogP contribution in [0.4, 0.5) is 0 Å². The molecule has 0 bridgehead atoms. The molecule has 3 rings (SSSR count). The van der Waals surface area contributed by atoms with Crippen LogP contribution in [0.5, 0.6) is 11.6 Å². The molecule has 110 valence electrons. The Balaban J connectivity index is 2.01. The molecule has 0 aliphatic carbocycles. The van der Waals surface area contributed by atoms with Gasteiger partial charge in [-0.05, 0) is 29.8 Å². The third kappa shape index (κ3) is 2.72. The topological polar surface area (TPSA) is 43.4 Å². The number of rotatable bonds is 5. The van der Waals surface area contributed by atoms with Gasteiger partial charge >= 0.3 is 0 Å². The van der Waals surface area contributed by atoms with Crippen molar-refractivity contribution in [2.75, 3.05) is 20.3 Å². The van der Waals surface area contributed by atoms with Crippen molar-refractivity contribution in [2.45, 2.75) is 19.4 Å². The van der Waals surface area contributed by atoms with Crippen molar-refractivity contribution in [3.8, 4) is 11.6 Å². The monoisotopic (exact) mass is 284 g/mol. The molecule has 1 unspecified atom stereocenters. The first-order chi connectivity index (χ1) is 10.3. The third-order valence-electron chi connectivity index (χ3n) is 3.76. The summed E-state index contributed by atoms with van der Waals surface area (Å²) in [5.41, 5.74) is 3.55. The molecule has 4 heteroatoms. The normalized spacial score (nSPS) is 14.4. The predicted octanol–water partition coefficient (Wildman–Crippen LogP) is 2.72. The highest BCUT2D eigenvalue weighted by molar-refractivity contribution is 5.44. The molecular formula is C17H20N2O2. The van der Waals surface area contributed by atoms with Crippen molar-refractivity contribution in [1.82, 2.24) is 10.3 Å². The van der Waals surface area contributed by atoms with Gasteiger partial charge in [-0.2, -0.15) is 0 Å². The van der Waals surface area contributed by atoms with E-state index < -0.39 is 0 Å². The highest BCUT2D eigenvalue weighted by Crippen LogP contribution is 2.33.